The monoisotopic (exact) mass is 279 g/mol. The summed E-state index contributed by atoms with van der Waals surface area (Å²) in [7, 11) is -2.39. The zero-order valence-electron chi connectivity index (χ0n) is 9.79. The van der Waals surface area contributed by atoms with Crippen LogP contribution in [0, 0.1) is 0 Å². The summed E-state index contributed by atoms with van der Waals surface area (Å²) in [6.45, 7) is 0. The van der Waals surface area contributed by atoms with E-state index in [1.54, 1.807) is 29.3 Å². The molecule has 0 amide bonds. The molecule has 0 fully saturated rings. The van der Waals surface area contributed by atoms with Gasteiger partial charge in [0.1, 0.15) is 0 Å². The molecule has 0 saturated carbocycles. The first-order chi connectivity index (χ1) is 8.98. The van der Waals surface area contributed by atoms with E-state index < -0.39 is 10.0 Å². The lowest BCUT2D eigenvalue weighted by Crippen LogP contribution is -2.17. The van der Waals surface area contributed by atoms with Crippen LogP contribution in [0.25, 0.3) is 16.9 Å². The van der Waals surface area contributed by atoms with Gasteiger partial charge in [0.25, 0.3) is 15.2 Å². The average molecular weight is 279 g/mol. The molecule has 3 aromatic heterocycles. The van der Waals surface area contributed by atoms with Crippen LogP contribution in [-0.4, -0.2) is 37.8 Å². The van der Waals surface area contributed by atoms with Crippen LogP contribution in [0.5, 0.6) is 0 Å². The minimum Gasteiger partial charge on any atom is -0.300 e. The molecule has 3 heterocycles. The Balaban J connectivity index is 2.26. The van der Waals surface area contributed by atoms with E-state index in [2.05, 4.69) is 20.3 Å². The molecule has 0 spiro atoms. The van der Waals surface area contributed by atoms with Gasteiger partial charge in [0.2, 0.25) is 0 Å². The molecule has 0 radical (unpaired) electrons. The van der Waals surface area contributed by atoms with Crippen molar-refractivity contribution in [2.24, 2.45) is 12.2 Å². The van der Waals surface area contributed by atoms with E-state index in [1.165, 1.54) is 11.6 Å². The Morgan fingerprint density at radius 2 is 2.05 bits per heavy atom. The van der Waals surface area contributed by atoms with E-state index >= 15 is 0 Å². The van der Waals surface area contributed by atoms with Gasteiger partial charge in [0.05, 0.1) is 23.5 Å². The highest BCUT2D eigenvalue weighted by Crippen LogP contribution is 2.22. The molecule has 0 saturated heterocycles. The molecule has 98 valence electrons. The fraction of sp³-hybridized carbons (Fsp3) is 0.111. The Labute approximate surface area is 107 Å². The molecule has 0 aliphatic carbocycles. The van der Waals surface area contributed by atoms with Crippen molar-refractivity contribution in [1.29, 1.82) is 0 Å². The van der Waals surface area contributed by atoms with Gasteiger partial charge >= 0.3 is 0 Å². The second kappa shape index (κ2) is 3.83. The van der Waals surface area contributed by atoms with Gasteiger partial charge in [-0.25, -0.2) is 18.1 Å². The summed E-state index contributed by atoms with van der Waals surface area (Å²) >= 11 is 0. The molecule has 0 atom stereocenters. The van der Waals surface area contributed by atoms with Crippen molar-refractivity contribution in [3.05, 3.63) is 24.8 Å². The molecule has 0 aliphatic rings. The number of fused-ring (bicyclic) bond motifs is 1. The second-order valence-electron chi connectivity index (χ2n) is 3.87. The predicted octanol–water partition coefficient (Wildman–Crippen LogP) is -0.828. The summed E-state index contributed by atoms with van der Waals surface area (Å²) in [5.74, 6) is 0.354. The predicted molar refractivity (Wildman–Crippen MR) is 64.4 cm³/mol. The fourth-order valence-electron chi connectivity index (χ4n) is 1.80. The summed E-state index contributed by atoms with van der Waals surface area (Å²) in [6.07, 6.45) is 6.44. The van der Waals surface area contributed by atoms with Crippen LogP contribution in [0.2, 0.25) is 0 Å². The number of aromatic nitrogens is 6. The van der Waals surface area contributed by atoms with Gasteiger partial charge in [-0.1, -0.05) is 0 Å². The Bertz CT molecular complexity index is 864. The smallest absolute Gasteiger partial charge is 0.273 e. The zero-order valence-corrected chi connectivity index (χ0v) is 10.6. The first-order valence-electron chi connectivity index (χ1n) is 5.18. The molecule has 0 unspecified atom stereocenters. The average Bonchev–Trinajstić information content (AvgIpc) is 2.91. The number of nitrogens with two attached hydrogens (primary N) is 1. The summed E-state index contributed by atoms with van der Waals surface area (Å²) < 4.78 is 25.6. The molecule has 2 N–H and O–H groups in total. The SMILES string of the molecule is Cn1c(-c2cnn3ccncc23)nnc1S(N)(=O)=O. The van der Waals surface area contributed by atoms with Gasteiger partial charge in [-0.05, 0) is 0 Å². The maximum Gasteiger partial charge on any atom is 0.273 e. The van der Waals surface area contributed by atoms with Crippen molar-refractivity contribution < 1.29 is 8.42 Å². The first kappa shape index (κ1) is 11.7. The molecular formula is C9H9N7O2S. The minimum atomic E-state index is -3.91. The van der Waals surface area contributed by atoms with E-state index in [1.807, 2.05) is 0 Å². The highest BCUT2D eigenvalue weighted by Gasteiger charge is 2.21. The molecule has 0 aliphatic heterocycles. The van der Waals surface area contributed by atoms with E-state index in [4.69, 9.17) is 5.14 Å². The van der Waals surface area contributed by atoms with Gasteiger partial charge in [-0.3, -0.25) is 9.55 Å². The van der Waals surface area contributed by atoms with Crippen molar-refractivity contribution in [3.8, 4) is 11.4 Å². The third-order valence-corrected chi connectivity index (χ3v) is 3.52. The van der Waals surface area contributed by atoms with Crippen molar-refractivity contribution in [3.63, 3.8) is 0 Å². The number of hydrogen-bond donors (Lipinski definition) is 1. The third kappa shape index (κ3) is 1.77. The highest BCUT2D eigenvalue weighted by atomic mass is 32.2. The highest BCUT2D eigenvalue weighted by molar-refractivity contribution is 7.89. The minimum absolute atomic E-state index is 0.300. The summed E-state index contributed by atoms with van der Waals surface area (Å²) in [4.78, 5) is 4.00. The van der Waals surface area contributed by atoms with Gasteiger partial charge in [-0.15, -0.1) is 10.2 Å². The molecule has 19 heavy (non-hydrogen) atoms. The van der Waals surface area contributed by atoms with Crippen LogP contribution >= 0.6 is 0 Å². The molecule has 0 bridgehead atoms. The van der Waals surface area contributed by atoms with Gasteiger partial charge in [0, 0.05) is 19.4 Å². The van der Waals surface area contributed by atoms with E-state index in [9.17, 15) is 8.42 Å². The number of primary sulfonamides is 1. The number of rotatable bonds is 2. The van der Waals surface area contributed by atoms with E-state index in [0.717, 1.165) is 0 Å². The number of sulfonamides is 1. The van der Waals surface area contributed by atoms with Gasteiger partial charge < -0.3 is 0 Å². The maximum atomic E-state index is 11.3. The molecule has 10 heteroatoms. The van der Waals surface area contributed by atoms with Crippen LogP contribution in [0.15, 0.2) is 29.9 Å². The lowest BCUT2D eigenvalue weighted by Gasteiger charge is -2.00. The van der Waals surface area contributed by atoms with Crippen LogP contribution in [0.1, 0.15) is 0 Å². The standard InChI is InChI=1S/C9H9N7O2S/c1-15-8(13-14-9(15)19(10,17)18)6-4-12-16-3-2-11-5-7(6)16/h2-5H,1H3,(H2,10,17,18). The largest absolute Gasteiger partial charge is 0.300 e. The number of hydrogen-bond acceptors (Lipinski definition) is 6. The lowest BCUT2D eigenvalue weighted by atomic mass is 10.3. The maximum absolute atomic E-state index is 11.3. The van der Waals surface area contributed by atoms with Gasteiger partial charge in [-0.2, -0.15) is 5.10 Å². The van der Waals surface area contributed by atoms with Crippen LogP contribution < -0.4 is 5.14 Å². The zero-order chi connectivity index (χ0) is 13.6. The van der Waals surface area contributed by atoms with E-state index in [-0.39, 0.29) is 5.16 Å². The van der Waals surface area contributed by atoms with Crippen molar-refractivity contribution in [2.75, 3.05) is 0 Å². The van der Waals surface area contributed by atoms with Crippen LogP contribution in [0.3, 0.4) is 0 Å². The summed E-state index contributed by atoms with van der Waals surface area (Å²) in [6, 6.07) is 0. The lowest BCUT2D eigenvalue weighted by molar-refractivity contribution is 0.580. The normalized spacial score (nSPS) is 12.1. The van der Waals surface area contributed by atoms with Crippen molar-refractivity contribution in [2.45, 2.75) is 5.16 Å². The Morgan fingerprint density at radius 1 is 1.26 bits per heavy atom. The Hall–Kier alpha value is -2.33. The number of nitrogens with zero attached hydrogens (tertiary/aromatic N) is 6. The van der Waals surface area contributed by atoms with Crippen LogP contribution in [0.4, 0.5) is 0 Å². The molecule has 9 nitrogen and oxygen atoms in total. The summed E-state index contributed by atoms with van der Waals surface area (Å²) in [5.41, 5.74) is 1.32. The van der Waals surface area contributed by atoms with Crippen molar-refractivity contribution in [1.82, 2.24) is 29.4 Å². The Kier molecular flexibility index (Phi) is 2.37. The van der Waals surface area contributed by atoms with Crippen LogP contribution in [-0.2, 0) is 17.1 Å². The molecule has 0 aromatic carbocycles. The third-order valence-electron chi connectivity index (χ3n) is 2.66. The van der Waals surface area contributed by atoms with E-state index in [0.29, 0.717) is 16.9 Å². The Morgan fingerprint density at radius 3 is 2.74 bits per heavy atom. The summed E-state index contributed by atoms with van der Waals surface area (Å²) in [5, 5.41) is 16.3. The topological polar surface area (TPSA) is 121 Å². The molecular weight excluding hydrogens is 270 g/mol. The second-order valence-corrected chi connectivity index (χ2v) is 5.33. The van der Waals surface area contributed by atoms with Crippen molar-refractivity contribution >= 4 is 15.5 Å². The van der Waals surface area contributed by atoms with Gasteiger partial charge in [0.15, 0.2) is 5.82 Å². The first-order valence-corrected chi connectivity index (χ1v) is 6.73. The molecule has 3 aromatic rings. The molecule has 3 rings (SSSR count). The quantitative estimate of drug-likeness (QED) is 0.653. The fourth-order valence-corrected chi connectivity index (χ4v) is 2.43.